The van der Waals surface area contributed by atoms with E-state index in [1.165, 1.54) is 41.8 Å². The van der Waals surface area contributed by atoms with Gasteiger partial charge in [-0.15, -0.1) is 10.2 Å². The molecule has 7 nitrogen and oxygen atoms in total. The van der Waals surface area contributed by atoms with Crippen LogP contribution in [0.5, 0.6) is 0 Å². The van der Waals surface area contributed by atoms with Crippen molar-refractivity contribution in [2.24, 2.45) is 0 Å². The normalized spacial score (nSPS) is 11.6. The van der Waals surface area contributed by atoms with Crippen molar-refractivity contribution in [1.29, 1.82) is 0 Å². The van der Waals surface area contributed by atoms with Crippen molar-refractivity contribution in [3.63, 3.8) is 0 Å². The fourth-order valence-corrected chi connectivity index (χ4v) is 4.51. The van der Waals surface area contributed by atoms with E-state index in [2.05, 4.69) is 20.2 Å². The second-order valence-electron chi connectivity index (χ2n) is 5.96. The number of aryl methyl sites for hydroxylation is 1. The Morgan fingerprint density at radius 3 is 2.47 bits per heavy atom. The first kappa shape index (κ1) is 22.2. The predicted octanol–water partition coefficient (Wildman–Crippen LogP) is 5.02. The number of ketones is 1. The molecule has 0 aliphatic carbocycles. The Kier molecular flexibility index (Phi) is 7.09. The summed E-state index contributed by atoms with van der Waals surface area (Å²) < 4.78 is 27.3. The summed E-state index contributed by atoms with van der Waals surface area (Å²) in [5, 5.41) is 12.3. The number of halogens is 2. The van der Waals surface area contributed by atoms with E-state index in [4.69, 9.17) is 23.2 Å². The molecule has 3 aromatic rings. The predicted molar refractivity (Wildman–Crippen MR) is 120 cm³/mol. The molecular weight excluding hydrogens is 467 g/mol. The number of nitrogens with zero attached hydrogens (tertiary/aromatic N) is 2. The van der Waals surface area contributed by atoms with Crippen molar-refractivity contribution < 1.29 is 13.2 Å². The van der Waals surface area contributed by atoms with Gasteiger partial charge in [0.1, 0.15) is 5.01 Å². The third-order valence-electron chi connectivity index (χ3n) is 3.84. The number of benzene rings is 2. The van der Waals surface area contributed by atoms with Crippen molar-refractivity contribution in [3.8, 4) is 0 Å². The monoisotopic (exact) mass is 482 g/mol. The first-order valence-electron chi connectivity index (χ1n) is 8.66. The molecule has 0 saturated heterocycles. The minimum absolute atomic E-state index is 0.0807. The molecule has 1 heterocycles. The van der Waals surface area contributed by atoms with Crippen LogP contribution in [0.3, 0.4) is 0 Å². The molecule has 0 bridgehead atoms. The minimum Gasteiger partial charge on any atom is -0.362 e. The maximum absolute atomic E-state index is 12.5. The van der Waals surface area contributed by atoms with Gasteiger partial charge >= 0.3 is 0 Å². The maximum atomic E-state index is 12.5. The lowest BCUT2D eigenvalue weighted by atomic mass is 10.1. The van der Waals surface area contributed by atoms with Gasteiger partial charge in [0, 0.05) is 23.5 Å². The van der Waals surface area contributed by atoms with Gasteiger partial charge in [-0.05, 0) is 48.9 Å². The Morgan fingerprint density at radius 2 is 1.83 bits per heavy atom. The summed E-state index contributed by atoms with van der Waals surface area (Å²) in [4.78, 5) is 12.2. The molecule has 0 unspecified atom stereocenters. The van der Waals surface area contributed by atoms with Crippen LogP contribution in [-0.4, -0.2) is 24.4 Å². The van der Waals surface area contributed by atoms with E-state index in [9.17, 15) is 13.2 Å². The summed E-state index contributed by atoms with van der Waals surface area (Å²) in [5.74, 6) is -0.257. The molecule has 2 aromatic carbocycles. The van der Waals surface area contributed by atoms with Gasteiger partial charge < -0.3 is 5.32 Å². The van der Waals surface area contributed by atoms with Crippen LogP contribution in [0.4, 0.5) is 10.8 Å². The molecule has 2 N–H and O–H groups in total. The van der Waals surface area contributed by atoms with E-state index >= 15 is 0 Å². The average Bonchev–Trinajstić information content (AvgIpc) is 3.17. The summed E-state index contributed by atoms with van der Waals surface area (Å²) in [5.41, 5.74) is 1.01. The fraction of sp³-hybridized carbons (Fsp3) is 0.105. The largest absolute Gasteiger partial charge is 0.362 e. The Balaban J connectivity index is 1.62. The van der Waals surface area contributed by atoms with Crippen LogP contribution in [0.15, 0.2) is 59.6 Å². The molecule has 0 atom stereocenters. The van der Waals surface area contributed by atoms with Crippen LogP contribution >= 0.6 is 34.5 Å². The molecule has 0 fully saturated rings. The number of carbonyl (C=O) groups is 1. The molecule has 156 valence electrons. The average molecular weight is 483 g/mol. The quantitative estimate of drug-likeness (QED) is 0.345. The zero-order valence-electron chi connectivity index (χ0n) is 15.6. The molecule has 11 heteroatoms. The highest BCUT2D eigenvalue weighted by atomic mass is 35.5. The number of allylic oxidation sites excluding steroid dienone is 1. The molecule has 0 aliphatic heterocycles. The van der Waals surface area contributed by atoms with Gasteiger partial charge in [0.2, 0.25) is 5.13 Å². The van der Waals surface area contributed by atoms with Gasteiger partial charge in [0.25, 0.3) is 10.0 Å². The first-order valence-corrected chi connectivity index (χ1v) is 11.7. The molecule has 0 amide bonds. The van der Waals surface area contributed by atoms with Gasteiger partial charge in [0.15, 0.2) is 5.78 Å². The van der Waals surface area contributed by atoms with E-state index in [0.717, 1.165) is 5.01 Å². The second kappa shape index (κ2) is 9.57. The number of nitrogens with one attached hydrogen (secondary N) is 2. The van der Waals surface area contributed by atoms with Crippen molar-refractivity contribution in [2.45, 2.75) is 18.2 Å². The van der Waals surface area contributed by atoms with Crippen molar-refractivity contribution in [3.05, 3.63) is 75.4 Å². The van der Waals surface area contributed by atoms with Gasteiger partial charge in [-0.2, -0.15) is 0 Å². The molecule has 3 rings (SSSR count). The van der Waals surface area contributed by atoms with E-state index in [1.807, 2.05) is 6.92 Å². The van der Waals surface area contributed by atoms with E-state index in [-0.39, 0.29) is 15.8 Å². The molecule has 0 spiro atoms. The lowest BCUT2D eigenvalue weighted by molar-refractivity contribution is 0.104. The number of aromatic nitrogens is 2. The number of anilines is 2. The molecule has 0 radical (unpaired) electrons. The van der Waals surface area contributed by atoms with E-state index < -0.39 is 10.0 Å². The highest BCUT2D eigenvalue weighted by molar-refractivity contribution is 7.93. The van der Waals surface area contributed by atoms with Crippen LogP contribution in [0.25, 0.3) is 0 Å². The third-order valence-corrected chi connectivity index (χ3v) is 7.05. The van der Waals surface area contributed by atoms with Crippen LogP contribution in [0, 0.1) is 0 Å². The molecule has 0 aliphatic rings. The first-order chi connectivity index (χ1) is 14.3. The van der Waals surface area contributed by atoms with Crippen LogP contribution in [0.1, 0.15) is 22.3 Å². The molecule has 1 aromatic heterocycles. The summed E-state index contributed by atoms with van der Waals surface area (Å²) >= 11 is 12.9. The van der Waals surface area contributed by atoms with Crippen LogP contribution < -0.4 is 10.0 Å². The van der Waals surface area contributed by atoms with Crippen molar-refractivity contribution in [1.82, 2.24) is 10.2 Å². The highest BCUT2D eigenvalue weighted by Crippen LogP contribution is 2.23. The Morgan fingerprint density at radius 1 is 1.10 bits per heavy atom. The maximum Gasteiger partial charge on any atom is 0.263 e. The zero-order chi connectivity index (χ0) is 21.7. The highest BCUT2D eigenvalue weighted by Gasteiger charge is 2.16. The second-order valence-corrected chi connectivity index (χ2v) is 9.51. The standard InChI is InChI=1S/C19H16Cl2N4O3S2/c1-2-18-23-24-19(29-18)25-30(27,28)14-6-4-13(5-7-14)22-10-9-17(26)12-3-8-15(20)16(21)11-12/h3-11,22H,2H2,1H3,(H,24,25). The van der Waals surface area contributed by atoms with E-state index in [0.29, 0.717) is 27.7 Å². The van der Waals surface area contributed by atoms with Gasteiger partial charge in [0.05, 0.1) is 14.9 Å². The Hall–Kier alpha value is -2.46. The van der Waals surface area contributed by atoms with Gasteiger partial charge in [-0.25, -0.2) is 8.42 Å². The number of hydrogen-bond donors (Lipinski definition) is 2. The summed E-state index contributed by atoms with van der Waals surface area (Å²) in [6, 6.07) is 10.7. The lowest BCUT2D eigenvalue weighted by Gasteiger charge is -2.06. The molecular formula is C19H16Cl2N4O3S2. The Bertz CT molecular complexity index is 1190. The molecule has 0 saturated carbocycles. The lowest BCUT2D eigenvalue weighted by Crippen LogP contribution is -2.12. The number of hydrogen-bond acceptors (Lipinski definition) is 7. The van der Waals surface area contributed by atoms with Crippen molar-refractivity contribution in [2.75, 3.05) is 10.0 Å². The smallest absolute Gasteiger partial charge is 0.263 e. The minimum atomic E-state index is -3.77. The van der Waals surface area contributed by atoms with Gasteiger partial charge in [-0.3, -0.25) is 9.52 Å². The summed E-state index contributed by atoms with van der Waals surface area (Å²) in [7, 11) is -3.77. The topological polar surface area (TPSA) is 101 Å². The van der Waals surface area contributed by atoms with E-state index in [1.54, 1.807) is 24.3 Å². The number of carbonyl (C=O) groups excluding carboxylic acids is 1. The number of sulfonamides is 1. The summed E-state index contributed by atoms with van der Waals surface area (Å²) in [6.45, 7) is 1.91. The fourth-order valence-electron chi connectivity index (χ4n) is 2.30. The number of rotatable bonds is 8. The third kappa shape index (κ3) is 5.57. The van der Waals surface area contributed by atoms with Crippen molar-refractivity contribution >= 4 is 61.2 Å². The van der Waals surface area contributed by atoms with Crippen LogP contribution in [0.2, 0.25) is 10.0 Å². The molecule has 30 heavy (non-hydrogen) atoms. The Labute approximate surface area is 187 Å². The summed E-state index contributed by atoms with van der Waals surface area (Å²) in [6.07, 6.45) is 3.48. The van der Waals surface area contributed by atoms with Gasteiger partial charge in [-0.1, -0.05) is 41.5 Å². The van der Waals surface area contributed by atoms with Crippen LogP contribution in [-0.2, 0) is 16.4 Å². The zero-order valence-corrected chi connectivity index (χ0v) is 18.7. The SMILES string of the molecule is CCc1nnc(NS(=O)(=O)c2ccc(NC=CC(=O)c3ccc(Cl)c(Cl)c3)cc2)s1.